The fourth-order valence-corrected chi connectivity index (χ4v) is 3.01. The van der Waals surface area contributed by atoms with Gasteiger partial charge in [0, 0.05) is 29.3 Å². The summed E-state index contributed by atoms with van der Waals surface area (Å²) in [5, 5.41) is 19.0. The Morgan fingerprint density at radius 3 is 2.76 bits per heavy atom. The normalized spacial score (nSPS) is 13.1. The third-order valence-corrected chi connectivity index (χ3v) is 4.64. The van der Waals surface area contributed by atoms with Crippen LogP contribution in [0.4, 0.5) is 5.69 Å². The van der Waals surface area contributed by atoms with Crippen LogP contribution < -0.4 is 4.74 Å². The second kappa shape index (κ2) is 7.70. The first-order valence-corrected chi connectivity index (χ1v) is 9.07. The van der Waals surface area contributed by atoms with Crippen LogP contribution in [0.5, 0.6) is 5.75 Å². The quantitative estimate of drug-likeness (QED) is 0.445. The minimum atomic E-state index is -0.484. The molecule has 1 heterocycles. The molecule has 3 aromatic rings. The highest BCUT2D eigenvalue weighted by molar-refractivity contribution is 5.95. The smallest absolute Gasteiger partial charge is 0.270 e. The molecule has 4 rings (SSSR count). The van der Waals surface area contributed by atoms with Gasteiger partial charge in [0.05, 0.1) is 18.6 Å². The van der Waals surface area contributed by atoms with Gasteiger partial charge in [0.15, 0.2) is 0 Å². The number of hydrogen-bond donors (Lipinski definition) is 0. The Kier molecular flexibility index (Phi) is 4.94. The van der Waals surface area contributed by atoms with E-state index in [0.29, 0.717) is 16.9 Å². The molecule has 0 unspecified atom stereocenters. The summed E-state index contributed by atoms with van der Waals surface area (Å²) in [6, 6.07) is 13.1. The molecular weight excluding hydrogens is 376 g/mol. The summed E-state index contributed by atoms with van der Waals surface area (Å²) in [5.41, 5.74) is 0.916. The van der Waals surface area contributed by atoms with Gasteiger partial charge in [-0.3, -0.25) is 14.9 Å². The second-order valence-corrected chi connectivity index (χ2v) is 6.70. The van der Waals surface area contributed by atoms with Crippen molar-refractivity contribution in [1.82, 2.24) is 15.1 Å². The summed E-state index contributed by atoms with van der Waals surface area (Å²) in [6.45, 7) is 0.169. The molecule has 1 aromatic heterocycles. The van der Waals surface area contributed by atoms with Crippen molar-refractivity contribution >= 4 is 11.6 Å². The van der Waals surface area contributed by atoms with E-state index >= 15 is 0 Å². The lowest BCUT2D eigenvalue weighted by atomic mass is 10.2. The molecule has 0 saturated heterocycles. The first-order chi connectivity index (χ1) is 14.0. The summed E-state index contributed by atoms with van der Waals surface area (Å²) in [7, 11) is 1.55. The molecule has 0 atom stereocenters. The molecule has 9 heteroatoms. The first-order valence-electron chi connectivity index (χ1n) is 9.07. The summed E-state index contributed by atoms with van der Waals surface area (Å²) < 4.78 is 10.9. The second-order valence-electron chi connectivity index (χ2n) is 6.70. The van der Waals surface area contributed by atoms with Crippen LogP contribution in [0.25, 0.3) is 11.5 Å². The van der Waals surface area contributed by atoms with E-state index in [1.165, 1.54) is 12.1 Å². The van der Waals surface area contributed by atoms with Gasteiger partial charge in [0.25, 0.3) is 11.6 Å². The van der Waals surface area contributed by atoms with Crippen molar-refractivity contribution < 1.29 is 18.9 Å². The van der Waals surface area contributed by atoms with Gasteiger partial charge in [-0.15, -0.1) is 10.2 Å². The number of non-ortho nitro benzene ring substituents is 1. The SMILES string of the molecule is COc1cccc(C(=O)N(Cc2nnc(-c3cccc([N+](=O)[O-])c3)o2)C2CC2)c1. The topological polar surface area (TPSA) is 112 Å². The third kappa shape index (κ3) is 4.08. The zero-order valence-corrected chi connectivity index (χ0v) is 15.6. The van der Waals surface area contributed by atoms with Gasteiger partial charge < -0.3 is 14.1 Å². The van der Waals surface area contributed by atoms with Crippen molar-refractivity contribution in [2.24, 2.45) is 0 Å². The zero-order chi connectivity index (χ0) is 20.4. The van der Waals surface area contributed by atoms with Crippen LogP contribution in [0, 0.1) is 10.1 Å². The van der Waals surface area contributed by atoms with E-state index in [1.807, 2.05) is 0 Å². The van der Waals surface area contributed by atoms with Crippen molar-refractivity contribution in [3.8, 4) is 17.2 Å². The van der Waals surface area contributed by atoms with Crippen molar-refractivity contribution in [2.75, 3.05) is 7.11 Å². The van der Waals surface area contributed by atoms with E-state index < -0.39 is 4.92 Å². The fourth-order valence-electron chi connectivity index (χ4n) is 3.01. The molecule has 29 heavy (non-hydrogen) atoms. The molecule has 0 spiro atoms. The number of benzene rings is 2. The standard InChI is InChI=1S/C20H18N4O5/c1-28-17-7-3-5-14(11-17)20(25)23(15-8-9-15)12-18-21-22-19(29-18)13-4-2-6-16(10-13)24(26)27/h2-7,10-11,15H,8-9,12H2,1H3. The van der Waals surface area contributed by atoms with E-state index in [4.69, 9.17) is 9.15 Å². The lowest BCUT2D eigenvalue weighted by molar-refractivity contribution is -0.384. The Hall–Kier alpha value is -3.75. The minimum Gasteiger partial charge on any atom is -0.497 e. The van der Waals surface area contributed by atoms with Crippen molar-refractivity contribution in [3.63, 3.8) is 0 Å². The molecule has 2 aromatic carbocycles. The largest absolute Gasteiger partial charge is 0.497 e. The highest BCUT2D eigenvalue weighted by Crippen LogP contribution is 2.31. The predicted octanol–water partition coefficient (Wildman–Crippen LogP) is 3.46. The summed E-state index contributed by atoms with van der Waals surface area (Å²) in [4.78, 5) is 25.2. The number of methoxy groups -OCH3 is 1. The number of carbonyl (C=O) groups excluding carboxylic acids is 1. The van der Waals surface area contributed by atoms with Crippen LogP contribution in [0.3, 0.4) is 0 Å². The van der Waals surface area contributed by atoms with Gasteiger partial charge in [-0.2, -0.15) is 0 Å². The average Bonchev–Trinajstić information content (AvgIpc) is 3.49. The Balaban J connectivity index is 1.55. The van der Waals surface area contributed by atoms with Gasteiger partial charge in [0.1, 0.15) is 5.75 Å². The Labute approximate surface area is 166 Å². The number of rotatable bonds is 7. The van der Waals surface area contributed by atoms with Crippen LogP contribution in [-0.4, -0.2) is 39.1 Å². The van der Waals surface area contributed by atoms with E-state index in [-0.39, 0.29) is 36.0 Å². The third-order valence-electron chi connectivity index (χ3n) is 4.64. The number of carbonyl (C=O) groups is 1. The minimum absolute atomic E-state index is 0.0601. The molecule has 148 valence electrons. The number of aromatic nitrogens is 2. The zero-order valence-electron chi connectivity index (χ0n) is 15.6. The predicted molar refractivity (Wildman–Crippen MR) is 102 cm³/mol. The fraction of sp³-hybridized carbons (Fsp3) is 0.250. The lowest BCUT2D eigenvalue weighted by Gasteiger charge is -2.20. The first kappa shape index (κ1) is 18.6. The summed E-state index contributed by atoms with van der Waals surface area (Å²) in [5.74, 6) is 0.918. The molecule has 1 fully saturated rings. The van der Waals surface area contributed by atoms with Gasteiger partial charge in [-0.1, -0.05) is 12.1 Å². The van der Waals surface area contributed by atoms with Crippen molar-refractivity contribution in [2.45, 2.75) is 25.4 Å². The molecule has 0 aliphatic heterocycles. The van der Waals surface area contributed by atoms with Crippen molar-refractivity contribution in [3.05, 3.63) is 70.1 Å². The van der Waals surface area contributed by atoms with Crippen LogP contribution in [0.1, 0.15) is 29.1 Å². The molecule has 9 nitrogen and oxygen atoms in total. The molecule has 0 bridgehead atoms. The number of nitro groups is 1. The van der Waals surface area contributed by atoms with E-state index in [9.17, 15) is 14.9 Å². The summed E-state index contributed by atoms with van der Waals surface area (Å²) in [6.07, 6.45) is 1.84. The van der Waals surface area contributed by atoms with Gasteiger partial charge in [0.2, 0.25) is 11.8 Å². The summed E-state index contributed by atoms with van der Waals surface area (Å²) >= 11 is 0. The Bertz CT molecular complexity index is 1060. The molecule has 1 aliphatic rings. The van der Waals surface area contributed by atoms with Gasteiger partial charge >= 0.3 is 0 Å². The van der Waals surface area contributed by atoms with E-state index in [0.717, 1.165) is 12.8 Å². The maximum absolute atomic E-state index is 13.0. The lowest BCUT2D eigenvalue weighted by Crippen LogP contribution is -2.32. The number of ether oxygens (including phenoxy) is 1. The molecular formula is C20H18N4O5. The number of nitro benzene ring substituents is 1. The average molecular weight is 394 g/mol. The Morgan fingerprint density at radius 1 is 1.24 bits per heavy atom. The highest BCUT2D eigenvalue weighted by Gasteiger charge is 2.34. The van der Waals surface area contributed by atoms with E-state index in [1.54, 1.807) is 48.4 Å². The van der Waals surface area contributed by atoms with Gasteiger partial charge in [-0.05, 0) is 37.1 Å². The van der Waals surface area contributed by atoms with Crippen molar-refractivity contribution in [1.29, 1.82) is 0 Å². The molecule has 0 N–H and O–H groups in total. The number of amides is 1. The monoisotopic (exact) mass is 394 g/mol. The Morgan fingerprint density at radius 2 is 2.03 bits per heavy atom. The maximum atomic E-state index is 13.0. The van der Waals surface area contributed by atoms with Crippen LogP contribution >= 0.6 is 0 Å². The molecule has 0 radical (unpaired) electrons. The molecule has 1 amide bonds. The number of nitrogens with zero attached hydrogens (tertiary/aromatic N) is 4. The van der Waals surface area contributed by atoms with E-state index in [2.05, 4.69) is 10.2 Å². The van der Waals surface area contributed by atoms with Gasteiger partial charge in [-0.25, -0.2) is 0 Å². The molecule has 1 saturated carbocycles. The molecule has 1 aliphatic carbocycles. The maximum Gasteiger partial charge on any atom is 0.270 e. The van der Waals surface area contributed by atoms with Crippen LogP contribution in [0.2, 0.25) is 0 Å². The van der Waals surface area contributed by atoms with Crippen LogP contribution in [0.15, 0.2) is 52.9 Å². The highest BCUT2D eigenvalue weighted by atomic mass is 16.6. The number of hydrogen-bond acceptors (Lipinski definition) is 7. The van der Waals surface area contributed by atoms with Crippen LogP contribution in [-0.2, 0) is 6.54 Å².